The van der Waals surface area contributed by atoms with Crippen LogP contribution in [0.1, 0.15) is 13.8 Å². The summed E-state index contributed by atoms with van der Waals surface area (Å²) in [5.41, 5.74) is 0. The van der Waals surface area contributed by atoms with Gasteiger partial charge in [0.15, 0.2) is 0 Å². The molecule has 3 heteroatoms. The van der Waals surface area contributed by atoms with Crippen molar-refractivity contribution in [3.63, 3.8) is 0 Å². The summed E-state index contributed by atoms with van der Waals surface area (Å²) in [6.45, 7) is 4.26. The van der Waals surface area contributed by atoms with E-state index in [9.17, 15) is 4.79 Å². The first kappa shape index (κ1) is 7.92. The van der Waals surface area contributed by atoms with E-state index in [-0.39, 0.29) is 5.91 Å². The summed E-state index contributed by atoms with van der Waals surface area (Å²) in [5, 5.41) is 0.586. The van der Waals surface area contributed by atoms with Crippen molar-refractivity contribution in [1.82, 2.24) is 4.90 Å². The normalized spacial score (nSPS) is 34.7. The number of carbonyl (C=O) groups excluding carboxylic acids is 1. The summed E-state index contributed by atoms with van der Waals surface area (Å²) < 4.78 is 0. The van der Waals surface area contributed by atoms with Gasteiger partial charge in [-0.2, -0.15) is 0 Å². The molecular formula is C7H13NOS. The molecule has 1 saturated heterocycles. The lowest BCUT2D eigenvalue weighted by Gasteiger charge is -2.34. The second-order valence-electron chi connectivity index (χ2n) is 2.76. The van der Waals surface area contributed by atoms with Gasteiger partial charge >= 0.3 is 0 Å². The van der Waals surface area contributed by atoms with Gasteiger partial charge in [0, 0.05) is 18.3 Å². The first-order valence-electron chi connectivity index (χ1n) is 3.50. The van der Waals surface area contributed by atoms with E-state index >= 15 is 0 Å². The third kappa shape index (κ3) is 1.29. The molecule has 1 amide bonds. The molecule has 0 aromatic rings. The van der Waals surface area contributed by atoms with Crippen LogP contribution in [0.4, 0.5) is 0 Å². The van der Waals surface area contributed by atoms with Gasteiger partial charge in [-0.05, 0) is 6.92 Å². The maximum Gasteiger partial charge on any atom is 0.232 e. The number of nitrogens with zero attached hydrogens (tertiary/aromatic N) is 1. The van der Waals surface area contributed by atoms with Crippen LogP contribution in [-0.2, 0) is 4.79 Å². The number of thioether (sulfide) groups is 1. The van der Waals surface area contributed by atoms with Crippen molar-refractivity contribution in [2.24, 2.45) is 0 Å². The van der Waals surface area contributed by atoms with E-state index in [4.69, 9.17) is 0 Å². The number of rotatable bonds is 0. The van der Waals surface area contributed by atoms with Gasteiger partial charge in [-0.1, -0.05) is 6.92 Å². The highest BCUT2D eigenvalue weighted by Gasteiger charge is 2.27. The Labute approximate surface area is 66.0 Å². The van der Waals surface area contributed by atoms with Gasteiger partial charge in [-0.15, -0.1) is 11.8 Å². The van der Waals surface area contributed by atoms with Crippen LogP contribution in [-0.4, -0.2) is 34.9 Å². The molecule has 0 N–H and O–H groups in total. The Morgan fingerprint density at radius 3 is 2.70 bits per heavy atom. The number of hydrogen-bond donors (Lipinski definition) is 0. The third-order valence-electron chi connectivity index (χ3n) is 2.15. The lowest BCUT2D eigenvalue weighted by atomic mass is 10.2. The van der Waals surface area contributed by atoms with E-state index in [0.717, 1.165) is 0 Å². The molecule has 0 bridgehead atoms. The summed E-state index contributed by atoms with van der Waals surface area (Å²) in [7, 11) is 1.88. The molecule has 0 spiro atoms. The standard InChI is InChI=1S/C7H13NOS/c1-5-6(2)10-4-7(9)8(5)3/h5-6H,4H2,1-3H3/t5-,6+/m0/s1. The van der Waals surface area contributed by atoms with Crippen molar-refractivity contribution in [3.8, 4) is 0 Å². The molecule has 2 nitrogen and oxygen atoms in total. The van der Waals surface area contributed by atoms with E-state index < -0.39 is 0 Å². The highest BCUT2D eigenvalue weighted by atomic mass is 32.2. The van der Waals surface area contributed by atoms with Gasteiger partial charge in [-0.25, -0.2) is 0 Å². The molecule has 0 aromatic carbocycles. The molecule has 58 valence electrons. The molecule has 0 aliphatic carbocycles. The summed E-state index contributed by atoms with van der Waals surface area (Å²) in [6.07, 6.45) is 0. The summed E-state index contributed by atoms with van der Waals surface area (Å²) in [4.78, 5) is 12.9. The quantitative estimate of drug-likeness (QED) is 0.525. The van der Waals surface area contributed by atoms with Crippen LogP contribution in [0.3, 0.4) is 0 Å². The van der Waals surface area contributed by atoms with Gasteiger partial charge in [0.1, 0.15) is 0 Å². The predicted molar refractivity (Wildman–Crippen MR) is 44.2 cm³/mol. The van der Waals surface area contributed by atoms with Gasteiger partial charge in [-0.3, -0.25) is 4.79 Å². The highest BCUT2D eigenvalue weighted by molar-refractivity contribution is 8.00. The van der Waals surface area contributed by atoms with Gasteiger partial charge < -0.3 is 4.90 Å². The van der Waals surface area contributed by atoms with Crippen molar-refractivity contribution >= 4 is 17.7 Å². The fraction of sp³-hybridized carbons (Fsp3) is 0.857. The van der Waals surface area contributed by atoms with Crippen molar-refractivity contribution in [1.29, 1.82) is 0 Å². The fourth-order valence-corrected chi connectivity index (χ4v) is 2.06. The van der Waals surface area contributed by atoms with Crippen molar-refractivity contribution in [3.05, 3.63) is 0 Å². The minimum atomic E-state index is 0.260. The molecule has 1 aliphatic heterocycles. The lowest BCUT2D eigenvalue weighted by Crippen LogP contribution is -2.45. The lowest BCUT2D eigenvalue weighted by molar-refractivity contribution is -0.129. The monoisotopic (exact) mass is 159 g/mol. The van der Waals surface area contributed by atoms with Crippen molar-refractivity contribution in [2.75, 3.05) is 12.8 Å². The third-order valence-corrected chi connectivity index (χ3v) is 3.49. The first-order chi connectivity index (χ1) is 4.63. The zero-order valence-corrected chi connectivity index (χ0v) is 7.44. The molecule has 2 atom stereocenters. The fourth-order valence-electron chi connectivity index (χ4n) is 0.986. The molecule has 1 rings (SSSR count). The Morgan fingerprint density at radius 2 is 2.20 bits per heavy atom. The number of hydrogen-bond acceptors (Lipinski definition) is 2. The van der Waals surface area contributed by atoms with E-state index in [1.807, 2.05) is 11.9 Å². The van der Waals surface area contributed by atoms with Crippen LogP contribution in [0.25, 0.3) is 0 Å². The minimum Gasteiger partial charge on any atom is -0.341 e. The Kier molecular flexibility index (Phi) is 2.24. The topological polar surface area (TPSA) is 20.3 Å². The van der Waals surface area contributed by atoms with E-state index in [1.54, 1.807) is 11.8 Å². The molecular weight excluding hydrogens is 146 g/mol. The summed E-state index contributed by atoms with van der Waals surface area (Å²) in [5.74, 6) is 0.915. The van der Waals surface area contributed by atoms with Crippen LogP contribution in [0.5, 0.6) is 0 Å². The molecule has 0 saturated carbocycles. The first-order valence-corrected chi connectivity index (χ1v) is 4.55. The maximum atomic E-state index is 11.1. The van der Waals surface area contributed by atoms with E-state index in [0.29, 0.717) is 17.0 Å². The van der Waals surface area contributed by atoms with E-state index in [1.165, 1.54) is 0 Å². The second-order valence-corrected chi connectivity index (χ2v) is 4.13. The maximum absolute atomic E-state index is 11.1. The Morgan fingerprint density at radius 1 is 1.60 bits per heavy atom. The molecule has 0 aromatic heterocycles. The molecule has 0 radical (unpaired) electrons. The smallest absolute Gasteiger partial charge is 0.232 e. The SMILES string of the molecule is C[C@H]1SCC(=O)N(C)[C@H]1C. The van der Waals surface area contributed by atoms with Gasteiger partial charge in [0.05, 0.1) is 5.75 Å². The summed E-state index contributed by atoms with van der Waals surface area (Å²) in [6, 6.07) is 0.395. The van der Waals surface area contributed by atoms with Crippen molar-refractivity contribution in [2.45, 2.75) is 25.1 Å². The molecule has 0 unspecified atom stereocenters. The Hall–Kier alpha value is -0.180. The predicted octanol–water partition coefficient (Wildman–Crippen LogP) is 0.969. The van der Waals surface area contributed by atoms with Crippen LogP contribution >= 0.6 is 11.8 Å². The van der Waals surface area contributed by atoms with Gasteiger partial charge in [0.2, 0.25) is 5.91 Å². The second kappa shape index (κ2) is 2.82. The highest BCUT2D eigenvalue weighted by Crippen LogP contribution is 2.23. The largest absolute Gasteiger partial charge is 0.341 e. The van der Waals surface area contributed by atoms with Crippen LogP contribution in [0, 0.1) is 0 Å². The van der Waals surface area contributed by atoms with E-state index in [2.05, 4.69) is 13.8 Å². The van der Waals surface area contributed by atoms with Crippen molar-refractivity contribution < 1.29 is 4.79 Å². The zero-order valence-electron chi connectivity index (χ0n) is 6.63. The molecule has 1 fully saturated rings. The molecule has 1 aliphatic rings. The zero-order chi connectivity index (χ0) is 7.72. The van der Waals surface area contributed by atoms with Gasteiger partial charge in [0.25, 0.3) is 0 Å². The Balaban J connectivity index is 2.60. The summed E-state index contributed by atoms with van der Waals surface area (Å²) >= 11 is 1.75. The van der Waals surface area contributed by atoms with Crippen LogP contribution < -0.4 is 0 Å². The van der Waals surface area contributed by atoms with Crippen LogP contribution in [0.2, 0.25) is 0 Å². The average molecular weight is 159 g/mol. The average Bonchev–Trinajstić information content (AvgIpc) is 1.93. The molecule has 10 heavy (non-hydrogen) atoms. The van der Waals surface area contributed by atoms with Crippen LogP contribution in [0.15, 0.2) is 0 Å². The number of carbonyl (C=O) groups is 1. The minimum absolute atomic E-state index is 0.260. The number of amides is 1. The Bertz CT molecular complexity index is 149. The molecule has 1 heterocycles.